The molecule has 0 spiro atoms. The zero-order chi connectivity index (χ0) is 24.2. The first kappa shape index (κ1) is 25.0. The van der Waals surface area contributed by atoms with Gasteiger partial charge in [0.25, 0.3) is 0 Å². The van der Waals surface area contributed by atoms with E-state index in [1.807, 2.05) is 6.92 Å². The summed E-state index contributed by atoms with van der Waals surface area (Å²) in [6.07, 6.45) is -4.98. The van der Waals surface area contributed by atoms with Crippen molar-refractivity contribution in [3.63, 3.8) is 0 Å². The van der Waals surface area contributed by atoms with E-state index in [2.05, 4.69) is 20.9 Å². The van der Waals surface area contributed by atoms with Crippen molar-refractivity contribution >= 4 is 32.9 Å². The van der Waals surface area contributed by atoms with E-state index in [9.17, 15) is 23.1 Å². The molecule has 6 nitrogen and oxygen atoms in total. The number of alkyl halides is 3. The second-order valence-electron chi connectivity index (χ2n) is 7.36. The summed E-state index contributed by atoms with van der Waals surface area (Å²) in [6.45, 7) is 3.87. The molecule has 0 aliphatic heterocycles. The Labute approximate surface area is 197 Å². The van der Waals surface area contributed by atoms with Crippen LogP contribution in [-0.4, -0.2) is 39.9 Å². The number of carbonyl (C=O) groups is 1. The highest BCUT2D eigenvalue weighted by Gasteiger charge is 2.37. The van der Waals surface area contributed by atoms with Gasteiger partial charge in [-0.2, -0.15) is 13.2 Å². The Morgan fingerprint density at radius 3 is 2.45 bits per heavy atom. The summed E-state index contributed by atoms with van der Waals surface area (Å²) in [6, 6.07) is 11.6. The number of aromatic nitrogens is 2. The number of rotatable bonds is 10. The molecule has 3 aromatic rings. The van der Waals surface area contributed by atoms with Gasteiger partial charge in [-0.25, -0.2) is 9.78 Å². The SMILES string of the molecule is CCOC(C(=O)O)C(CC)c1ccc(OCCn2c(C(F)(F)F)nc3cc(Br)ccc32)cc1. The van der Waals surface area contributed by atoms with Crippen molar-refractivity contribution in [3.8, 4) is 5.75 Å². The van der Waals surface area contributed by atoms with Gasteiger partial charge >= 0.3 is 12.1 Å². The third-order valence-corrected chi connectivity index (χ3v) is 5.74. The quantitative estimate of drug-likeness (QED) is 0.355. The molecule has 0 saturated carbocycles. The lowest BCUT2D eigenvalue weighted by atomic mass is 9.91. The number of carboxylic acid groups (broad SMARTS) is 1. The normalized spacial score (nSPS) is 13.8. The average Bonchev–Trinajstić information content (AvgIpc) is 3.12. The topological polar surface area (TPSA) is 73.6 Å². The first-order chi connectivity index (χ1) is 15.7. The lowest BCUT2D eigenvalue weighted by Crippen LogP contribution is -2.30. The van der Waals surface area contributed by atoms with Crippen LogP contribution >= 0.6 is 15.9 Å². The summed E-state index contributed by atoms with van der Waals surface area (Å²) in [5.74, 6) is -1.86. The summed E-state index contributed by atoms with van der Waals surface area (Å²) in [5, 5.41) is 9.46. The Morgan fingerprint density at radius 1 is 1.18 bits per heavy atom. The Morgan fingerprint density at radius 2 is 1.88 bits per heavy atom. The maximum Gasteiger partial charge on any atom is 0.449 e. The molecule has 178 valence electrons. The van der Waals surface area contributed by atoms with E-state index in [0.29, 0.717) is 22.2 Å². The number of ether oxygens (including phenoxy) is 2. The number of benzene rings is 2. The first-order valence-corrected chi connectivity index (χ1v) is 11.2. The summed E-state index contributed by atoms with van der Waals surface area (Å²) < 4.78 is 53.2. The maximum atomic E-state index is 13.5. The minimum Gasteiger partial charge on any atom is -0.492 e. The van der Waals surface area contributed by atoms with Crippen LogP contribution in [-0.2, 0) is 22.3 Å². The molecule has 3 rings (SSSR count). The molecule has 0 radical (unpaired) electrons. The molecule has 0 aliphatic rings. The predicted molar refractivity (Wildman–Crippen MR) is 120 cm³/mol. The van der Waals surface area contributed by atoms with E-state index in [1.54, 1.807) is 43.3 Å². The number of aliphatic carboxylic acids is 1. The number of hydrogen-bond acceptors (Lipinski definition) is 4. The summed E-state index contributed by atoms with van der Waals surface area (Å²) >= 11 is 3.25. The third kappa shape index (κ3) is 5.86. The molecular formula is C23H24BrF3N2O4. The number of fused-ring (bicyclic) bond motifs is 1. The van der Waals surface area contributed by atoms with Crippen LogP contribution in [0.2, 0.25) is 0 Å². The van der Waals surface area contributed by atoms with E-state index >= 15 is 0 Å². The van der Waals surface area contributed by atoms with Gasteiger partial charge in [0.05, 0.1) is 17.6 Å². The van der Waals surface area contributed by atoms with Crippen LogP contribution in [0.1, 0.15) is 37.6 Å². The number of hydrogen-bond donors (Lipinski definition) is 1. The van der Waals surface area contributed by atoms with Crippen LogP contribution < -0.4 is 4.74 Å². The van der Waals surface area contributed by atoms with Gasteiger partial charge in [0.15, 0.2) is 6.10 Å². The van der Waals surface area contributed by atoms with Crippen molar-refractivity contribution < 1.29 is 32.5 Å². The smallest absolute Gasteiger partial charge is 0.449 e. The van der Waals surface area contributed by atoms with Gasteiger partial charge < -0.3 is 19.1 Å². The summed E-state index contributed by atoms with van der Waals surface area (Å²) in [4.78, 5) is 15.3. The highest BCUT2D eigenvalue weighted by molar-refractivity contribution is 9.10. The molecule has 2 unspecified atom stereocenters. The molecular weight excluding hydrogens is 505 g/mol. The van der Waals surface area contributed by atoms with Gasteiger partial charge in [-0.3, -0.25) is 0 Å². The molecule has 0 saturated heterocycles. The van der Waals surface area contributed by atoms with E-state index < -0.39 is 24.1 Å². The fraction of sp³-hybridized carbons (Fsp3) is 0.391. The lowest BCUT2D eigenvalue weighted by Gasteiger charge is -2.23. The van der Waals surface area contributed by atoms with Crippen LogP contribution in [0.25, 0.3) is 11.0 Å². The zero-order valence-corrected chi connectivity index (χ0v) is 19.7. The Kier molecular flexibility index (Phi) is 8.01. The zero-order valence-electron chi connectivity index (χ0n) is 18.1. The number of carboxylic acids is 1. The van der Waals surface area contributed by atoms with Crippen molar-refractivity contribution in [1.82, 2.24) is 9.55 Å². The van der Waals surface area contributed by atoms with Crippen molar-refractivity contribution in [3.05, 3.63) is 58.3 Å². The molecule has 1 heterocycles. The molecule has 0 bridgehead atoms. The molecule has 2 aromatic carbocycles. The molecule has 0 amide bonds. The molecule has 0 fully saturated rings. The predicted octanol–water partition coefficient (Wildman–Crippen LogP) is 5.88. The minimum absolute atomic E-state index is 0.00213. The van der Waals surface area contributed by atoms with Gasteiger partial charge in [0, 0.05) is 17.0 Å². The van der Waals surface area contributed by atoms with E-state index in [1.165, 1.54) is 6.07 Å². The molecule has 1 aromatic heterocycles. The highest BCUT2D eigenvalue weighted by Crippen LogP contribution is 2.32. The second kappa shape index (κ2) is 10.6. The van der Waals surface area contributed by atoms with E-state index in [0.717, 1.165) is 10.1 Å². The van der Waals surface area contributed by atoms with Gasteiger partial charge in [-0.05, 0) is 49.2 Å². The van der Waals surface area contributed by atoms with Gasteiger partial charge in [0.1, 0.15) is 12.4 Å². The largest absolute Gasteiger partial charge is 0.492 e. The van der Waals surface area contributed by atoms with Gasteiger partial charge in [-0.1, -0.05) is 35.0 Å². The Balaban J connectivity index is 1.73. The van der Waals surface area contributed by atoms with Crippen LogP contribution in [0.4, 0.5) is 13.2 Å². The molecule has 10 heteroatoms. The van der Waals surface area contributed by atoms with Crippen molar-refractivity contribution in [1.29, 1.82) is 0 Å². The molecule has 0 aliphatic carbocycles. The first-order valence-electron chi connectivity index (χ1n) is 10.5. The molecule has 2 atom stereocenters. The second-order valence-corrected chi connectivity index (χ2v) is 8.28. The van der Waals surface area contributed by atoms with Crippen LogP contribution in [0.3, 0.4) is 0 Å². The fourth-order valence-electron chi connectivity index (χ4n) is 3.78. The maximum absolute atomic E-state index is 13.5. The van der Waals surface area contributed by atoms with Crippen LogP contribution in [0.15, 0.2) is 46.9 Å². The number of nitrogens with zero attached hydrogens (tertiary/aromatic N) is 2. The fourth-order valence-corrected chi connectivity index (χ4v) is 4.12. The van der Waals surface area contributed by atoms with Crippen molar-refractivity contribution in [2.24, 2.45) is 0 Å². The van der Waals surface area contributed by atoms with Crippen molar-refractivity contribution in [2.75, 3.05) is 13.2 Å². The van der Waals surface area contributed by atoms with Gasteiger partial charge in [-0.15, -0.1) is 0 Å². The van der Waals surface area contributed by atoms with Gasteiger partial charge in [0.2, 0.25) is 5.82 Å². The standard InChI is InChI=1S/C23H24BrF3N2O4/c1-3-17(20(21(30)31)32-4-2)14-5-8-16(9-6-14)33-12-11-29-19-10-7-15(24)13-18(19)28-22(29)23(25,26)27/h5-10,13,17,20H,3-4,11-12H2,1-2H3,(H,30,31). The van der Waals surface area contributed by atoms with E-state index in [-0.39, 0.29) is 31.2 Å². The van der Waals surface area contributed by atoms with Crippen molar-refractivity contribution in [2.45, 2.75) is 45.0 Å². The lowest BCUT2D eigenvalue weighted by molar-refractivity contribution is -0.151. The summed E-state index contributed by atoms with van der Waals surface area (Å²) in [7, 11) is 0. The minimum atomic E-state index is -4.59. The van der Waals surface area contributed by atoms with E-state index in [4.69, 9.17) is 9.47 Å². The molecule has 1 N–H and O–H groups in total. The number of imidazole rings is 1. The number of halogens is 4. The Hall–Kier alpha value is -2.59. The third-order valence-electron chi connectivity index (χ3n) is 5.25. The van der Waals surface area contributed by atoms with Crippen LogP contribution in [0.5, 0.6) is 5.75 Å². The molecule has 33 heavy (non-hydrogen) atoms. The monoisotopic (exact) mass is 528 g/mol. The average molecular weight is 529 g/mol. The Bertz CT molecular complexity index is 1100. The highest BCUT2D eigenvalue weighted by atomic mass is 79.9. The van der Waals surface area contributed by atoms with Crippen LogP contribution in [0, 0.1) is 0 Å². The summed E-state index contributed by atoms with van der Waals surface area (Å²) in [5.41, 5.74) is 1.40.